The molecule has 0 bridgehead atoms. The van der Waals surface area contributed by atoms with Crippen LogP contribution in [-0.2, 0) is 11.2 Å². The van der Waals surface area contributed by atoms with E-state index in [1.807, 2.05) is 12.1 Å². The average molecular weight is 273 g/mol. The van der Waals surface area contributed by atoms with Gasteiger partial charge >= 0.3 is 0 Å². The maximum Gasteiger partial charge on any atom is 0.255 e. The first-order valence-electron chi connectivity index (χ1n) is 5.91. The lowest BCUT2D eigenvalue weighted by atomic mass is 10.1. The van der Waals surface area contributed by atoms with Crippen molar-refractivity contribution in [1.82, 2.24) is 9.97 Å². The predicted octanol–water partition coefficient (Wildman–Crippen LogP) is 0.0959. The molecule has 0 atom stereocenters. The van der Waals surface area contributed by atoms with Crippen molar-refractivity contribution in [2.45, 2.75) is 6.42 Å². The molecule has 0 spiro atoms. The Balaban J connectivity index is 2.13. The van der Waals surface area contributed by atoms with Crippen molar-refractivity contribution in [2.24, 2.45) is 5.73 Å². The number of carbonyl (C=O) groups excluding carboxylic acids is 1. The van der Waals surface area contributed by atoms with E-state index in [4.69, 9.17) is 21.9 Å². The average Bonchev–Trinajstić information content (AvgIpc) is 2.40. The van der Waals surface area contributed by atoms with Gasteiger partial charge in [-0.05, 0) is 17.7 Å². The number of nitrogens with two attached hydrogens (primary N) is 3. The lowest BCUT2D eigenvalue weighted by Gasteiger charge is -2.08. The van der Waals surface area contributed by atoms with Crippen LogP contribution in [0.25, 0.3) is 0 Å². The third-order valence-electron chi connectivity index (χ3n) is 2.59. The van der Waals surface area contributed by atoms with E-state index in [9.17, 15) is 4.79 Å². The van der Waals surface area contributed by atoms with Gasteiger partial charge in [0.2, 0.25) is 5.95 Å². The molecule has 0 aliphatic carbocycles. The standard InChI is InChI=1S/C13H15N5O2/c14-11(19)7-20-10-3-1-2-8(5-10)4-9-6-17-13(16)18-12(9)15/h1-3,5-6H,4,7H2,(H2,14,19)(H4,15,16,17,18). The summed E-state index contributed by atoms with van der Waals surface area (Å²) in [5, 5.41) is 0. The van der Waals surface area contributed by atoms with Gasteiger partial charge in [0.15, 0.2) is 6.61 Å². The van der Waals surface area contributed by atoms with Crippen LogP contribution in [0, 0.1) is 0 Å². The van der Waals surface area contributed by atoms with E-state index in [-0.39, 0.29) is 12.6 Å². The van der Waals surface area contributed by atoms with Gasteiger partial charge in [-0.25, -0.2) is 4.98 Å². The second-order valence-corrected chi connectivity index (χ2v) is 4.22. The monoisotopic (exact) mass is 273 g/mol. The number of nitrogen functional groups attached to an aromatic ring is 2. The summed E-state index contributed by atoms with van der Waals surface area (Å²) in [6, 6.07) is 7.28. The number of carbonyl (C=O) groups is 1. The molecule has 6 N–H and O–H groups in total. The highest BCUT2D eigenvalue weighted by Gasteiger charge is 2.05. The molecule has 0 aliphatic heterocycles. The molecule has 1 amide bonds. The molecule has 2 aromatic rings. The number of anilines is 2. The molecule has 0 aliphatic rings. The normalized spacial score (nSPS) is 10.2. The zero-order chi connectivity index (χ0) is 14.5. The first-order chi connectivity index (χ1) is 9.54. The number of primary amides is 1. The van der Waals surface area contributed by atoms with Crippen molar-refractivity contribution in [3.8, 4) is 5.75 Å². The van der Waals surface area contributed by atoms with Crippen LogP contribution in [0.1, 0.15) is 11.1 Å². The Morgan fingerprint density at radius 1 is 1.30 bits per heavy atom. The number of benzene rings is 1. The highest BCUT2D eigenvalue weighted by Crippen LogP contribution is 2.18. The van der Waals surface area contributed by atoms with Crippen LogP contribution in [0.15, 0.2) is 30.5 Å². The van der Waals surface area contributed by atoms with Crippen LogP contribution in [0.3, 0.4) is 0 Å². The Morgan fingerprint density at radius 3 is 2.80 bits per heavy atom. The number of nitrogens with zero attached hydrogens (tertiary/aromatic N) is 2. The number of aromatic nitrogens is 2. The Labute approximate surface area is 115 Å². The van der Waals surface area contributed by atoms with Gasteiger partial charge in [-0.2, -0.15) is 4.98 Å². The summed E-state index contributed by atoms with van der Waals surface area (Å²) in [7, 11) is 0. The number of hydrogen-bond acceptors (Lipinski definition) is 6. The van der Waals surface area contributed by atoms with Gasteiger partial charge in [0.25, 0.3) is 5.91 Å². The van der Waals surface area contributed by atoms with Crippen LogP contribution >= 0.6 is 0 Å². The second kappa shape index (κ2) is 5.87. The third-order valence-corrected chi connectivity index (χ3v) is 2.59. The fourth-order valence-electron chi connectivity index (χ4n) is 1.69. The number of amides is 1. The molecule has 0 saturated heterocycles. The molecule has 1 aromatic heterocycles. The number of ether oxygens (including phenoxy) is 1. The first kappa shape index (κ1) is 13.6. The van der Waals surface area contributed by atoms with Crippen molar-refractivity contribution in [2.75, 3.05) is 18.1 Å². The predicted molar refractivity (Wildman–Crippen MR) is 74.8 cm³/mol. The van der Waals surface area contributed by atoms with E-state index >= 15 is 0 Å². The minimum Gasteiger partial charge on any atom is -0.484 e. The summed E-state index contributed by atoms with van der Waals surface area (Å²) in [4.78, 5) is 18.5. The molecule has 0 unspecified atom stereocenters. The highest BCUT2D eigenvalue weighted by molar-refractivity contribution is 5.75. The zero-order valence-electron chi connectivity index (χ0n) is 10.7. The third kappa shape index (κ3) is 3.58. The lowest BCUT2D eigenvalue weighted by Crippen LogP contribution is -2.20. The van der Waals surface area contributed by atoms with Gasteiger partial charge in [0, 0.05) is 18.2 Å². The minimum absolute atomic E-state index is 0.143. The molecule has 1 aromatic carbocycles. The van der Waals surface area contributed by atoms with Gasteiger partial charge in [-0.15, -0.1) is 0 Å². The van der Waals surface area contributed by atoms with Crippen molar-refractivity contribution >= 4 is 17.7 Å². The summed E-state index contributed by atoms with van der Waals surface area (Å²) >= 11 is 0. The first-order valence-corrected chi connectivity index (χ1v) is 5.91. The molecule has 0 saturated carbocycles. The fourth-order valence-corrected chi connectivity index (χ4v) is 1.69. The molecule has 0 fully saturated rings. The Bertz CT molecular complexity index is 630. The van der Waals surface area contributed by atoms with Gasteiger partial charge in [0.1, 0.15) is 11.6 Å². The highest BCUT2D eigenvalue weighted by atomic mass is 16.5. The minimum atomic E-state index is -0.522. The maximum absolute atomic E-state index is 10.7. The topological polar surface area (TPSA) is 130 Å². The van der Waals surface area contributed by atoms with Gasteiger partial charge in [0.05, 0.1) is 0 Å². The van der Waals surface area contributed by atoms with Crippen LogP contribution < -0.4 is 21.9 Å². The van der Waals surface area contributed by atoms with Crippen molar-refractivity contribution < 1.29 is 9.53 Å². The van der Waals surface area contributed by atoms with Crippen LogP contribution in [0.5, 0.6) is 5.75 Å². The van der Waals surface area contributed by atoms with Crippen molar-refractivity contribution in [1.29, 1.82) is 0 Å². The van der Waals surface area contributed by atoms with E-state index in [1.165, 1.54) is 0 Å². The molecule has 1 heterocycles. The quantitative estimate of drug-likeness (QED) is 0.708. The Hall–Kier alpha value is -2.83. The van der Waals surface area contributed by atoms with Crippen LogP contribution in [-0.4, -0.2) is 22.5 Å². The summed E-state index contributed by atoms with van der Waals surface area (Å²) in [5.41, 5.74) is 18.0. The van der Waals surface area contributed by atoms with Crippen molar-refractivity contribution in [3.05, 3.63) is 41.6 Å². The molecular weight excluding hydrogens is 258 g/mol. The van der Waals surface area contributed by atoms with Gasteiger partial charge in [-0.1, -0.05) is 12.1 Å². The molecule has 7 heteroatoms. The summed E-state index contributed by atoms with van der Waals surface area (Å²) in [6.45, 7) is -0.156. The van der Waals surface area contributed by atoms with E-state index < -0.39 is 5.91 Å². The Morgan fingerprint density at radius 2 is 2.10 bits per heavy atom. The molecule has 7 nitrogen and oxygen atoms in total. The lowest BCUT2D eigenvalue weighted by molar-refractivity contribution is -0.119. The number of rotatable bonds is 5. The fraction of sp³-hybridized carbons (Fsp3) is 0.154. The van der Waals surface area contributed by atoms with Gasteiger partial charge < -0.3 is 21.9 Å². The number of hydrogen-bond donors (Lipinski definition) is 3. The van der Waals surface area contributed by atoms with Crippen molar-refractivity contribution in [3.63, 3.8) is 0 Å². The molecule has 104 valence electrons. The SMILES string of the molecule is NC(=O)COc1cccc(Cc2cnc(N)nc2N)c1. The van der Waals surface area contributed by atoms with Crippen LogP contribution in [0.2, 0.25) is 0 Å². The smallest absolute Gasteiger partial charge is 0.255 e. The van der Waals surface area contributed by atoms with E-state index in [1.54, 1.807) is 18.3 Å². The summed E-state index contributed by atoms with van der Waals surface area (Å²) in [5.74, 6) is 0.536. The largest absolute Gasteiger partial charge is 0.484 e. The second-order valence-electron chi connectivity index (χ2n) is 4.22. The van der Waals surface area contributed by atoms with E-state index in [0.717, 1.165) is 11.1 Å². The summed E-state index contributed by atoms with van der Waals surface area (Å²) in [6.07, 6.45) is 2.13. The van der Waals surface area contributed by atoms with E-state index in [0.29, 0.717) is 18.0 Å². The Kier molecular flexibility index (Phi) is 3.99. The van der Waals surface area contributed by atoms with Gasteiger partial charge in [-0.3, -0.25) is 4.79 Å². The maximum atomic E-state index is 10.7. The molecular formula is C13H15N5O2. The zero-order valence-corrected chi connectivity index (χ0v) is 10.7. The molecule has 20 heavy (non-hydrogen) atoms. The molecule has 0 radical (unpaired) electrons. The molecule has 2 rings (SSSR count). The summed E-state index contributed by atoms with van der Waals surface area (Å²) < 4.78 is 5.24. The van der Waals surface area contributed by atoms with E-state index in [2.05, 4.69) is 9.97 Å². The van der Waals surface area contributed by atoms with Crippen LogP contribution in [0.4, 0.5) is 11.8 Å².